The van der Waals surface area contributed by atoms with Gasteiger partial charge < -0.3 is 26.0 Å². The van der Waals surface area contributed by atoms with Crippen molar-refractivity contribution < 1.29 is 14.7 Å². The third-order valence-electron chi connectivity index (χ3n) is 5.54. The lowest BCUT2D eigenvalue weighted by atomic mass is 10.1. The van der Waals surface area contributed by atoms with Gasteiger partial charge >= 0.3 is 0 Å². The Labute approximate surface area is 203 Å². The van der Waals surface area contributed by atoms with Crippen LogP contribution in [0.5, 0.6) is 5.88 Å². The number of aryl methyl sites for hydroxylation is 1. The van der Waals surface area contributed by atoms with Gasteiger partial charge in [-0.2, -0.15) is 9.61 Å². The van der Waals surface area contributed by atoms with Crippen molar-refractivity contribution in [1.82, 2.24) is 29.7 Å². The highest BCUT2D eigenvalue weighted by Gasteiger charge is 2.30. The number of aromatic nitrogens is 3. The van der Waals surface area contributed by atoms with Crippen molar-refractivity contribution in [2.45, 2.75) is 46.2 Å². The Kier molecular flexibility index (Phi) is 7.78. The SMILES string of the molecule is CN/C=C\C(=N)CN(C)C(=O)/C=C/c1c(C)nn2c(O)c(C(=O)NC3CC3)c(=O)n(CC(C)C)c12. The molecule has 0 aliphatic heterocycles. The van der Waals surface area contributed by atoms with Crippen LogP contribution in [0, 0.1) is 18.3 Å². The summed E-state index contributed by atoms with van der Waals surface area (Å²) in [6.45, 7) is 5.99. The third kappa shape index (κ3) is 5.79. The van der Waals surface area contributed by atoms with Crippen molar-refractivity contribution >= 4 is 29.2 Å². The molecule has 3 rings (SSSR count). The zero-order chi connectivity index (χ0) is 25.9. The number of carbonyl (C=O) groups is 2. The number of hydrogen-bond acceptors (Lipinski definition) is 7. The molecule has 11 heteroatoms. The number of hydrogen-bond donors (Lipinski definition) is 4. The molecule has 2 aromatic heterocycles. The van der Waals surface area contributed by atoms with Gasteiger partial charge in [-0.25, -0.2) is 0 Å². The second-order valence-electron chi connectivity index (χ2n) is 9.17. The Bertz CT molecular complexity index is 1270. The van der Waals surface area contributed by atoms with E-state index in [0.29, 0.717) is 23.4 Å². The topological polar surface area (TPSA) is 145 Å². The molecule has 0 bridgehead atoms. The quantitative estimate of drug-likeness (QED) is 0.296. The van der Waals surface area contributed by atoms with E-state index in [2.05, 4.69) is 15.7 Å². The van der Waals surface area contributed by atoms with Gasteiger partial charge in [0.05, 0.1) is 18.0 Å². The highest BCUT2D eigenvalue weighted by atomic mass is 16.3. The molecule has 0 saturated heterocycles. The third-order valence-corrected chi connectivity index (χ3v) is 5.54. The van der Waals surface area contributed by atoms with Crippen molar-refractivity contribution in [1.29, 1.82) is 5.41 Å². The van der Waals surface area contributed by atoms with Crippen molar-refractivity contribution in [3.63, 3.8) is 0 Å². The molecular weight excluding hydrogens is 450 g/mol. The first-order chi connectivity index (χ1) is 16.5. The van der Waals surface area contributed by atoms with Crippen LogP contribution < -0.4 is 16.2 Å². The van der Waals surface area contributed by atoms with Crippen molar-refractivity contribution in [3.8, 4) is 5.88 Å². The molecular formula is C24H33N7O4. The molecule has 11 nitrogen and oxygen atoms in total. The largest absolute Gasteiger partial charge is 0.492 e. The highest BCUT2D eigenvalue weighted by molar-refractivity contribution is 5.99. The second-order valence-corrected chi connectivity index (χ2v) is 9.17. The fraction of sp³-hybridized carbons (Fsp3) is 0.458. The zero-order valence-corrected chi connectivity index (χ0v) is 20.8. The summed E-state index contributed by atoms with van der Waals surface area (Å²) in [5.74, 6) is -1.42. The first-order valence-electron chi connectivity index (χ1n) is 11.6. The Hall–Kier alpha value is -3.89. The van der Waals surface area contributed by atoms with Gasteiger partial charge in [-0.1, -0.05) is 13.8 Å². The number of amides is 2. The predicted octanol–water partition coefficient (Wildman–Crippen LogP) is 1.28. The average molecular weight is 484 g/mol. The number of fused-ring (bicyclic) bond motifs is 1. The van der Waals surface area contributed by atoms with Crippen LogP contribution in [-0.4, -0.2) is 68.4 Å². The maximum absolute atomic E-state index is 13.4. The molecule has 2 aromatic rings. The lowest BCUT2D eigenvalue weighted by molar-refractivity contribution is -0.124. The number of nitrogens with one attached hydrogen (secondary N) is 3. The summed E-state index contributed by atoms with van der Waals surface area (Å²) in [6, 6.07) is 0.0200. The first-order valence-corrected chi connectivity index (χ1v) is 11.6. The Balaban J connectivity index is 2.03. The summed E-state index contributed by atoms with van der Waals surface area (Å²) in [6.07, 6.45) is 7.75. The molecule has 1 aliphatic rings. The maximum atomic E-state index is 13.4. The monoisotopic (exact) mass is 483 g/mol. The summed E-state index contributed by atoms with van der Waals surface area (Å²) >= 11 is 0. The number of likely N-dealkylation sites (N-methyl/N-ethyl adjacent to an activating group) is 1. The number of aromatic hydroxyl groups is 1. The molecule has 1 saturated carbocycles. The van der Waals surface area contributed by atoms with E-state index in [9.17, 15) is 19.5 Å². The summed E-state index contributed by atoms with van der Waals surface area (Å²) < 4.78 is 2.62. The minimum absolute atomic E-state index is 0.0200. The Morgan fingerprint density at radius 2 is 2.00 bits per heavy atom. The average Bonchev–Trinajstić information content (AvgIpc) is 3.53. The van der Waals surface area contributed by atoms with Gasteiger partial charge in [-0.05, 0) is 44.0 Å². The molecule has 2 heterocycles. The first kappa shape index (κ1) is 25.7. The molecule has 0 radical (unpaired) electrons. The smallest absolute Gasteiger partial charge is 0.270 e. The fourth-order valence-electron chi connectivity index (χ4n) is 3.63. The van der Waals surface area contributed by atoms with Crippen LogP contribution >= 0.6 is 0 Å². The van der Waals surface area contributed by atoms with Crippen LogP contribution in [0.15, 0.2) is 23.1 Å². The molecule has 0 unspecified atom stereocenters. The molecule has 188 valence electrons. The van der Waals surface area contributed by atoms with E-state index in [1.165, 1.54) is 20.1 Å². The van der Waals surface area contributed by atoms with E-state index < -0.39 is 17.3 Å². The van der Waals surface area contributed by atoms with Crippen LogP contribution in [0.4, 0.5) is 0 Å². The summed E-state index contributed by atoms with van der Waals surface area (Å²) in [7, 11) is 3.31. The molecule has 4 N–H and O–H groups in total. The van der Waals surface area contributed by atoms with Gasteiger partial charge in [-0.3, -0.25) is 19.0 Å². The van der Waals surface area contributed by atoms with Crippen molar-refractivity contribution in [2.24, 2.45) is 5.92 Å². The number of rotatable bonds is 10. The molecule has 0 atom stereocenters. The molecule has 0 aromatic carbocycles. The second kappa shape index (κ2) is 10.6. The molecule has 1 aliphatic carbocycles. The fourth-order valence-corrected chi connectivity index (χ4v) is 3.63. The maximum Gasteiger partial charge on any atom is 0.270 e. The Morgan fingerprint density at radius 3 is 2.60 bits per heavy atom. The minimum atomic E-state index is -0.619. The van der Waals surface area contributed by atoms with E-state index in [-0.39, 0.29) is 35.7 Å². The number of nitrogens with zero attached hydrogens (tertiary/aromatic N) is 4. The molecule has 2 amide bonds. The van der Waals surface area contributed by atoms with E-state index in [1.807, 2.05) is 13.8 Å². The lowest BCUT2D eigenvalue weighted by Crippen LogP contribution is -2.36. The van der Waals surface area contributed by atoms with Gasteiger partial charge in [0, 0.05) is 38.3 Å². The molecule has 0 spiro atoms. The van der Waals surface area contributed by atoms with E-state index in [0.717, 1.165) is 12.8 Å². The van der Waals surface area contributed by atoms with Crippen LogP contribution in [-0.2, 0) is 11.3 Å². The highest BCUT2D eigenvalue weighted by Crippen LogP contribution is 2.25. The molecule has 35 heavy (non-hydrogen) atoms. The standard InChI is InChI=1S/C24H33N7O4/c1-14(2)12-30-22-18(8-9-19(32)29(5)13-16(25)10-11-26-4)15(3)28-31(22)24(35)20(23(30)34)21(33)27-17-6-7-17/h8-11,14,17,25-26,35H,6-7,12-13H2,1-5H3,(H,27,33)/b9-8+,11-10-,25-16?. The zero-order valence-electron chi connectivity index (χ0n) is 20.8. The molecule has 1 fully saturated rings. The van der Waals surface area contributed by atoms with Gasteiger partial charge in [0.15, 0.2) is 5.56 Å². The summed E-state index contributed by atoms with van der Waals surface area (Å²) in [5, 5.41) is 28.7. The van der Waals surface area contributed by atoms with E-state index in [4.69, 9.17) is 5.41 Å². The van der Waals surface area contributed by atoms with E-state index >= 15 is 0 Å². The predicted molar refractivity (Wildman–Crippen MR) is 134 cm³/mol. The van der Waals surface area contributed by atoms with Gasteiger partial charge in [-0.15, -0.1) is 0 Å². The van der Waals surface area contributed by atoms with Gasteiger partial charge in [0.25, 0.3) is 11.5 Å². The van der Waals surface area contributed by atoms with Gasteiger partial charge in [0.2, 0.25) is 11.8 Å². The van der Waals surface area contributed by atoms with Crippen LogP contribution in [0.1, 0.15) is 48.3 Å². The lowest BCUT2D eigenvalue weighted by Gasteiger charge is -2.16. The van der Waals surface area contributed by atoms with Crippen molar-refractivity contribution in [2.75, 3.05) is 20.6 Å². The number of carbonyl (C=O) groups excluding carboxylic acids is 2. The van der Waals surface area contributed by atoms with E-state index in [1.54, 1.807) is 39.4 Å². The van der Waals surface area contributed by atoms with Crippen LogP contribution in [0.2, 0.25) is 0 Å². The van der Waals surface area contributed by atoms with Crippen LogP contribution in [0.3, 0.4) is 0 Å². The van der Waals surface area contributed by atoms with Crippen molar-refractivity contribution in [3.05, 3.63) is 45.5 Å². The van der Waals surface area contributed by atoms with Crippen LogP contribution in [0.25, 0.3) is 11.7 Å². The Morgan fingerprint density at radius 1 is 1.31 bits per heavy atom. The summed E-state index contributed by atoms with van der Waals surface area (Å²) in [4.78, 5) is 40.1. The normalized spacial score (nSPS) is 13.8. The minimum Gasteiger partial charge on any atom is -0.492 e. The van der Waals surface area contributed by atoms with Gasteiger partial charge in [0.1, 0.15) is 5.65 Å². The summed E-state index contributed by atoms with van der Waals surface area (Å²) in [5.41, 5.74) is 0.575.